The zero-order valence-corrected chi connectivity index (χ0v) is 9.76. The van der Waals surface area contributed by atoms with Crippen molar-refractivity contribution in [2.24, 2.45) is 0 Å². The van der Waals surface area contributed by atoms with Crippen LogP contribution in [-0.2, 0) is 6.42 Å². The number of halogens is 1. The van der Waals surface area contributed by atoms with Crippen molar-refractivity contribution < 1.29 is 9.53 Å². The monoisotopic (exact) mass is 257 g/mol. The first-order chi connectivity index (χ1) is 7.74. The highest BCUT2D eigenvalue weighted by molar-refractivity contribution is 5.85. The highest BCUT2D eigenvalue weighted by Gasteiger charge is 2.15. The zero-order valence-electron chi connectivity index (χ0n) is 8.94. The lowest BCUT2D eigenvalue weighted by Gasteiger charge is -2.05. The first kappa shape index (κ1) is 13.4. The first-order valence-corrected chi connectivity index (χ1v) is 4.96. The smallest absolute Gasteiger partial charge is 0.367 e. The average molecular weight is 258 g/mol. The Labute approximate surface area is 103 Å². The maximum atomic E-state index is 11.8. The van der Waals surface area contributed by atoms with Crippen molar-refractivity contribution in [1.82, 2.24) is 9.94 Å². The topological polar surface area (TPSA) is 84.1 Å². The Hall–Kier alpha value is -1.66. The first-order valence-electron chi connectivity index (χ1n) is 4.96. The molecular weight excluding hydrogens is 246 g/mol. The Bertz CT molecular complexity index is 570. The molecule has 0 aliphatic rings. The second kappa shape index (κ2) is 5.60. The highest BCUT2D eigenvalue weighted by atomic mass is 35.5. The van der Waals surface area contributed by atoms with E-state index in [4.69, 9.17) is 5.11 Å². The lowest BCUT2D eigenvalue weighted by atomic mass is 10.3. The van der Waals surface area contributed by atoms with Crippen molar-refractivity contribution >= 4 is 23.4 Å². The molecule has 6 nitrogen and oxygen atoms in total. The second-order valence-electron chi connectivity index (χ2n) is 3.40. The Morgan fingerprint density at radius 1 is 1.41 bits per heavy atom. The molecule has 1 N–H and O–H groups in total. The number of aliphatic hydroxyl groups excluding tert-OH is 1. The number of aromatic nitrogens is 3. The molecule has 7 heteroatoms. The summed E-state index contributed by atoms with van der Waals surface area (Å²) in [6.45, 7) is -0.0344. The minimum atomic E-state index is -0.0344. The van der Waals surface area contributed by atoms with Crippen LogP contribution in [0.1, 0.15) is 12.2 Å². The predicted molar refractivity (Wildman–Crippen MR) is 64.5 cm³/mol. The van der Waals surface area contributed by atoms with E-state index in [1.54, 1.807) is 24.3 Å². The summed E-state index contributed by atoms with van der Waals surface area (Å²) in [5.74, 6) is 0.128. The molecule has 0 atom stereocenters. The van der Waals surface area contributed by atoms with Crippen molar-refractivity contribution in [3.63, 3.8) is 0 Å². The van der Waals surface area contributed by atoms with Crippen LogP contribution in [0.25, 0.3) is 11.0 Å². The molecule has 0 aliphatic carbocycles. The summed E-state index contributed by atoms with van der Waals surface area (Å²) in [6, 6.07) is 6.47. The fourth-order valence-electron chi connectivity index (χ4n) is 1.52. The third-order valence-electron chi connectivity index (χ3n) is 2.31. The van der Waals surface area contributed by atoms with E-state index < -0.39 is 0 Å². The lowest BCUT2D eigenvalue weighted by Crippen LogP contribution is -2.27. The van der Waals surface area contributed by atoms with Crippen LogP contribution in [0.15, 0.2) is 24.3 Å². The number of benzene rings is 1. The summed E-state index contributed by atoms with van der Waals surface area (Å²) in [7, 11) is 0. The normalized spacial score (nSPS) is 10.2. The van der Waals surface area contributed by atoms with Crippen LogP contribution in [0.3, 0.4) is 0 Å². The molecule has 92 valence electrons. The van der Waals surface area contributed by atoms with Crippen LogP contribution < -0.4 is 4.43 Å². The van der Waals surface area contributed by atoms with Gasteiger partial charge in [0, 0.05) is 11.0 Å². The van der Waals surface area contributed by atoms with E-state index in [-0.39, 0.29) is 36.8 Å². The fourth-order valence-corrected chi connectivity index (χ4v) is 1.52. The number of hydrogen-bond acceptors (Lipinski definition) is 4. The molecule has 0 amide bonds. The molecule has 0 radical (unpaired) electrons. The highest BCUT2D eigenvalue weighted by Crippen LogP contribution is 2.07. The zero-order chi connectivity index (χ0) is 11.5. The van der Waals surface area contributed by atoms with E-state index in [0.717, 1.165) is 0 Å². The molecule has 2 rings (SSSR count). The average Bonchev–Trinajstić information content (AvgIpc) is 2.32. The number of nitrogens with zero attached hydrogens (tertiary/aromatic N) is 3. The Balaban J connectivity index is 0.00000144. The van der Waals surface area contributed by atoms with Gasteiger partial charge in [-0.1, -0.05) is 17.0 Å². The van der Waals surface area contributed by atoms with E-state index >= 15 is 0 Å². The van der Waals surface area contributed by atoms with Crippen LogP contribution >= 0.6 is 12.4 Å². The molecule has 0 fully saturated rings. The largest absolute Gasteiger partial charge is 0.772 e. The van der Waals surface area contributed by atoms with Gasteiger partial charge in [-0.3, -0.25) is 0 Å². The molecule has 0 bridgehead atoms. The number of rotatable bonds is 3. The molecule has 17 heavy (non-hydrogen) atoms. The van der Waals surface area contributed by atoms with E-state index in [1.165, 1.54) is 0 Å². The minimum Gasteiger partial charge on any atom is -0.772 e. The number of fused-ring (bicyclic) bond motifs is 1. The molecule has 2 aromatic rings. The maximum absolute atomic E-state index is 11.8. The van der Waals surface area contributed by atoms with Crippen molar-refractivity contribution in [3.8, 4) is 0 Å². The summed E-state index contributed by atoms with van der Waals surface area (Å²) < 4.78 is 0.638. The van der Waals surface area contributed by atoms with Gasteiger partial charge in [-0.2, -0.15) is 4.85 Å². The van der Waals surface area contributed by atoms with Crippen molar-refractivity contribution in [2.45, 2.75) is 12.8 Å². The van der Waals surface area contributed by atoms with Crippen LogP contribution in [0.4, 0.5) is 0 Å². The predicted octanol–water partition coefficient (Wildman–Crippen LogP) is 0.643. The van der Waals surface area contributed by atoms with Crippen LogP contribution in [0.5, 0.6) is 0 Å². The molecular formula is C10H12ClN3O3. The van der Waals surface area contributed by atoms with Crippen LogP contribution in [-0.4, -0.2) is 21.7 Å². The van der Waals surface area contributed by atoms with E-state index in [2.05, 4.69) is 5.10 Å². The number of aliphatic hydroxyl groups is 1. The molecule has 1 aromatic carbocycles. The van der Waals surface area contributed by atoms with Crippen LogP contribution in [0, 0.1) is 10.1 Å². The number of para-hydroxylation sites is 2. The van der Waals surface area contributed by atoms with Crippen molar-refractivity contribution in [1.29, 1.82) is 0 Å². The van der Waals surface area contributed by atoms with Gasteiger partial charge in [0.25, 0.3) is 0 Å². The Morgan fingerprint density at radius 3 is 2.82 bits per heavy atom. The summed E-state index contributed by atoms with van der Waals surface area (Å²) in [5, 5.41) is 23.8. The maximum Gasteiger partial charge on any atom is 0.367 e. The molecule has 1 aromatic heterocycles. The van der Waals surface area contributed by atoms with Gasteiger partial charge in [-0.15, -0.1) is 12.4 Å². The van der Waals surface area contributed by atoms with Gasteiger partial charge in [0.05, 0.1) is 11.5 Å². The second-order valence-corrected chi connectivity index (χ2v) is 3.40. The third-order valence-corrected chi connectivity index (χ3v) is 2.31. The van der Waals surface area contributed by atoms with Gasteiger partial charge >= 0.3 is 5.82 Å². The van der Waals surface area contributed by atoms with E-state index in [0.29, 0.717) is 21.2 Å². The summed E-state index contributed by atoms with van der Waals surface area (Å²) in [4.78, 5) is 12.2. The molecule has 0 aliphatic heterocycles. The summed E-state index contributed by atoms with van der Waals surface area (Å²) in [6.07, 6.45) is 0.695. The molecule has 1 heterocycles. The van der Waals surface area contributed by atoms with Gasteiger partial charge in [0.1, 0.15) is 5.52 Å². The fraction of sp³-hybridized carbons (Fsp3) is 0.300. The Morgan fingerprint density at radius 2 is 2.12 bits per heavy atom. The molecule has 0 saturated carbocycles. The Kier molecular flexibility index (Phi) is 4.42. The van der Waals surface area contributed by atoms with E-state index in [1.807, 2.05) is 0 Å². The van der Waals surface area contributed by atoms with Crippen LogP contribution in [0.2, 0.25) is 0 Å². The molecule has 0 unspecified atom stereocenters. The van der Waals surface area contributed by atoms with E-state index in [9.17, 15) is 10.1 Å². The number of aryl methyl sites for hydroxylation is 1. The van der Waals surface area contributed by atoms with Crippen molar-refractivity contribution in [3.05, 3.63) is 40.2 Å². The van der Waals surface area contributed by atoms with Gasteiger partial charge in [0.15, 0.2) is 0 Å². The number of hydrogen-bond donors (Lipinski definition) is 1. The van der Waals surface area contributed by atoms with Crippen molar-refractivity contribution in [2.75, 3.05) is 6.61 Å². The SMILES string of the molecule is Cl.O=[n+]1c(CCCO)nn([O-])c2ccccc21. The summed E-state index contributed by atoms with van der Waals surface area (Å²) in [5.41, 5.74) is 0.533. The molecule has 0 spiro atoms. The quantitative estimate of drug-likeness (QED) is 0.818. The lowest BCUT2D eigenvalue weighted by molar-refractivity contribution is -0.480. The third kappa shape index (κ3) is 2.54. The minimum absolute atomic E-state index is 0. The summed E-state index contributed by atoms with van der Waals surface area (Å²) >= 11 is 0. The molecule has 0 saturated heterocycles. The van der Waals surface area contributed by atoms with Gasteiger partial charge in [-0.25, -0.2) is 0 Å². The van der Waals surface area contributed by atoms with Gasteiger partial charge in [-0.05, 0) is 18.6 Å². The standard InChI is InChI=1S/C10H11N3O3.ClH/c14-7-3-6-10-11-13(16)9-5-2-1-4-8(9)12(10)15;/h1-2,4-5,14H,3,6-7H2;1H. The van der Waals surface area contributed by atoms with Gasteiger partial charge in [0.2, 0.25) is 5.52 Å². The van der Waals surface area contributed by atoms with Gasteiger partial charge < -0.3 is 10.3 Å².